The largest absolute Gasteiger partial charge is 0.490 e. The van der Waals surface area contributed by atoms with Gasteiger partial charge in [-0.3, -0.25) is 0 Å². The third kappa shape index (κ3) is 3.30. The van der Waals surface area contributed by atoms with Gasteiger partial charge in [0.15, 0.2) is 0 Å². The predicted molar refractivity (Wildman–Crippen MR) is 81.3 cm³/mol. The first-order valence-electron chi connectivity index (χ1n) is 7.38. The van der Waals surface area contributed by atoms with Crippen LogP contribution in [0.15, 0.2) is 24.3 Å². The van der Waals surface area contributed by atoms with Crippen LogP contribution in [-0.4, -0.2) is 34.9 Å². The molecule has 0 aromatic heterocycles. The normalized spacial score (nSPS) is 25.6. The second-order valence-corrected chi connectivity index (χ2v) is 6.90. The van der Waals surface area contributed by atoms with Crippen molar-refractivity contribution in [2.75, 3.05) is 18.1 Å². The predicted octanol–water partition coefficient (Wildman–Crippen LogP) is 3.00. The first-order chi connectivity index (χ1) is 9.80. The van der Waals surface area contributed by atoms with E-state index in [1.165, 1.54) is 11.5 Å². The monoisotopic (exact) mass is 294 g/mol. The Morgan fingerprint density at radius 2 is 2.00 bits per heavy atom. The maximum atomic E-state index is 9.06. The minimum absolute atomic E-state index is 0.0687. The van der Waals surface area contributed by atoms with Gasteiger partial charge in [0.1, 0.15) is 11.9 Å². The summed E-state index contributed by atoms with van der Waals surface area (Å²) in [5.41, 5.74) is 0.990. The smallest absolute Gasteiger partial charge is 0.119 e. The van der Waals surface area contributed by atoms with Crippen molar-refractivity contribution in [2.24, 2.45) is 0 Å². The van der Waals surface area contributed by atoms with Crippen molar-refractivity contribution in [1.29, 1.82) is 0 Å². The molecule has 0 aliphatic carbocycles. The number of hydrogen-bond donors (Lipinski definition) is 1. The lowest BCUT2D eigenvalue weighted by Crippen LogP contribution is -2.46. The Balaban J connectivity index is 1.61. The quantitative estimate of drug-likeness (QED) is 0.930. The van der Waals surface area contributed by atoms with Gasteiger partial charge in [-0.05, 0) is 42.0 Å². The standard InChI is InChI=1S/C16H22O3S/c17-12-13-1-3-14(4-2-13)19-15-5-8-18-16(11-15)6-9-20-10-7-16/h1-4,15,17H,5-12H2. The SMILES string of the molecule is OCc1ccc(OC2CCOC3(CCSCC3)C2)cc1. The Kier molecular flexibility index (Phi) is 4.54. The molecule has 0 bridgehead atoms. The zero-order chi connectivity index (χ0) is 13.8. The molecule has 1 atom stereocenters. The highest BCUT2D eigenvalue weighted by molar-refractivity contribution is 7.99. The van der Waals surface area contributed by atoms with Crippen LogP contribution in [0.5, 0.6) is 5.75 Å². The van der Waals surface area contributed by atoms with Gasteiger partial charge < -0.3 is 14.6 Å². The molecule has 110 valence electrons. The molecule has 4 heteroatoms. The van der Waals surface area contributed by atoms with Crippen molar-refractivity contribution < 1.29 is 14.6 Å². The summed E-state index contributed by atoms with van der Waals surface area (Å²) in [6.07, 6.45) is 4.54. The van der Waals surface area contributed by atoms with Crippen LogP contribution < -0.4 is 4.74 Å². The summed E-state index contributed by atoms with van der Waals surface area (Å²) in [5, 5.41) is 9.06. The summed E-state index contributed by atoms with van der Waals surface area (Å²) < 4.78 is 12.2. The van der Waals surface area contributed by atoms with Gasteiger partial charge in [-0.1, -0.05) is 12.1 Å². The van der Waals surface area contributed by atoms with Crippen LogP contribution in [0.4, 0.5) is 0 Å². The number of aliphatic hydroxyl groups is 1. The average Bonchev–Trinajstić information content (AvgIpc) is 2.49. The number of aliphatic hydroxyl groups excluding tert-OH is 1. The second-order valence-electron chi connectivity index (χ2n) is 5.68. The van der Waals surface area contributed by atoms with Crippen LogP contribution in [0.1, 0.15) is 31.2 Å². The van der Waals surface area contributed by atoms with Crippen molar-refractivity contribution in [3.63, 3.8) is 0 Å². The topological polar surface area (TPSA) is 38.7 Å². The molecule has 3 nitrogen and oxygen atoms in total. The summed E-state index contributed by atoms with van der Waals surface area (Å²) in [5.74, 6) is 3.31. The van der Waals surface area contributed by atoms with E-state index in [-0.39, 0.29) is 18.3 Å². The molecule has 20 heavy (non-hydrogen) atoms. The average molecular weight is 294 g/mol. The maximum absolute atomic E-state index is 9.06. The van der Waals surface area contributed by atoms with Crippen LogP contribution in [0, 0.1) is 0 Å². The lowest BCUT2D eigenvalue weighted by atomic mass is 9.86. The molecule has 1 unspecified atom stereocenters. The van der Waals surface area contributed by atoms with Crippen LogP contribution in [0.25, 0.3) is 0 Å². The van der Waals surface area contributed by atoms with Crippen LogP contribution >= 0.6 is 11.8 Å². The Hall–Kier alpha value is -0.710. The van der Waals surface area contributed by atoms with E-state index in [9.17, 15) is 0 Å². The fourth-order valence-corrected chi connectivity index (χ4v) is 4.28. The molecule has 2 aliphatic heterocycles. The van der Waals surface area contributed by atoms with Gasteiger partial charge in [0.2, 0.25) is 0 Å². The molecule has 1 N–H and O–H groups in total. The van der Waals surface area contributed by atoms with Crippen molar-refractivity contribution >= 4 is 11.8 Å². The fraction of sp³-hybridized carbons (Fsp3) is 0.625. The third-order valence-electron chi connectivity index (χ3n) is 4.26. The van der Waals surface area contributed by atoms with E-state index in [4.69, 9.17) is 14.6 Å². The van der Waals surface area contributed by atoms with Crippen molar-refractivity contribution in [1.82, 2.24) is 0 Å². The molecule has 2 aliphatic rings. The molecular formula is C16H22O3S. The zero-order valence-electron chi connectivity index (χ0n) is 11.7. The van der Waals surface area contributed by atoms with Gasteiger partial charge in [0.25, 0.3) is 0 Å². The lowest BCUT2D eigenvalue weighted by molar-refractivity contribution is -0.116. The molecule has 3 rings (SSSR count). The highest BCUT2D eigenvalue weighted by Gasteiger charge is 2.39. The van der Waals surface area contributed by atoms with Crippen LogP contribution in [-0.2, 0) is 11.3 Å². The van der Waals surface area contributed by atoms with E-state index in [0.717, 1.165) is 43.6 Å². The zero-order valence-corrected chi connectivity index (χ0v) is 12.5. The van der Waals surface area contributed by atoms with Crippen LogP contribution in [0.2, 0.25) is 0 Å². The summed E-state index contributed by atoms with van der Waals surface area (Å²) in [6, 6.07) is 7.73. The van der Waals surface area contributed by atoms with E-state index in [2.05, 4.69) is 0 Å². The van der Waals surface area contributed by atoms with Gasteiger partial charge in [0.05, 0.1) is 18.8 Å². The molecule has 2 saturated heterocycles. The Morgan fingerprint density at radius 3 is 2.70 bits per heavy atom. The molecular weight excluding hydrogens is 272 g/mol. The number of benzene rings is 1. The number of hydrogen-bond acceptors (Lipinski definition) is 4. The van der Waals surface area contributed by atoms with E-state index >= 15 is 0 Å². The molecule has 2 heterocycles. The van der Waals surface area contributed by atoms with Crippen LogP contribution in [0.3, 0.4) is 0 Å². The first-order valence-corrected chi connectivity index (χ1v) is 8.53. The minimum Gasteiger partial charge on any atom is -0.490 e. The lowest BCUT2D eigenvalue weighted by Gasteiger charge is -2.43. The van der Waals surface area contributed by atoms with Gasteiger partial charge in [-0.25, -0.2) is 0 Å². The number of rotatable bonds is 3. The Morgan fingerprint density at radius 1 is 1.25 bits per heavy atom. The number of thioether (sulfide) groups is 1. The van der Waals surface area contributed by atoms with Gasteiger partial charge in [0, 0.05) is 12.8 Å². The van der Waals surface area contributed by atoms with E-state index in [1.807, 2.05) is 36.0 Å². The third-order valence-corrected chi connectivity index (χ3v) is 5.25. The highest BCUT2D eigenvalue weighted by atomic mass is 32.2. The molecule has 0 amide bonds. The molecule has 1 aromatic carbocycles. The first kappa shape index (κ1) is 14.2. The summed E-state index contributed by atoms with van der Waals surface area (Å²) >= 11 is 2.03. The summed E-state index contributed by atoms with van der Waals surface area (Å²) in [4.78, 5) is 0. The number of ether oxygens (including phenoxy) is 2. The van der Waals surface area contributed by atoms with E-state index in [0.29, 0.717) is 0 Å². The summed E-state index contributed by atoms with van der Waals surface area (Å²) in [7, 11) is 0. The summed E-state index contributed by atoms with van der Waals surface area (Å²) in [6.45, 7) is 0.891. The van der Waals surface area contributed by atoms with E-state index < -0.39 is 0 Å². The van der Waals surface area contributed by atoms with Crippen molar-refractivity contribution in [2.45, 2.75) is 44.0 Å². The minimum atomic E-state index is 0.0687. The molecule has 0 radical (unpaired) electrons. The second kappa shape index (κ2) is 6.37. The Bertz CT molecular complexity index is 420. The van der Waals surface area contributed by atoms with Crippen molar-refractivity contribution in [3.05, 3.63) is 29.8 Å². The fourth-order valence-electron chi connectivity index (χ4n) is 3.04. The van der Waals surface area contributed by atoms with E-state index in [1.54, 1.807) is 0 Å². The maximum Gasteiger partial charge on any atom is 0.119 e. The molecule has 1 spiro atoms. The molecule has 1 aromatic rings. The van der Waals surface area contributed by atoms with Crippen molar-refractivity contribution in [3.8, 4) is 5.75 Å². The van der Waals surface area contributed by atoms with Gasteiger partial charge >= 0.3 is 0 Å². The molecule has 2 fully saturated rings. The highest BCUT2D eigenvalue weighted by Crippen LogP contribution is 2.38. The molecule has 0 saturated carbocycles. The Labute approximate surface area is 124 Å². The van der Waals surface area contributed by atoms with Gasteiger partial charge in [-0.2, -0.15) is 11.8 Å². The van der Waals surface area contributed by atoms with Gasteiger partial charge in [-0.15, -0.1) is 0 Å².